The van der Waals surface area contributed by atoms with E-state index in [0.29, 0.717) is 5.75 Å². The topological polar surface area (TPSA) is 93.7 Å². The van der Waals surface area contributed by atoms with Crippen molar-refractivity contribution < 1.29 is 49.0 Å². The number of carbonyl (C=O) groups excluding carboxylic acids is 1. The molecule has 0 aromatic heterocycles. The molecule has 0 aliphatic rings. The predicted octanol–water partition coefficient (Wildman–Crippen LogP) is 3.66. The highest BCUT2D eigenvalue weighted by atomic mass is 32.2. The average molecular weight is 486 g/mol. The first-order chi connectivity index (χ1) is 14.7. The fourth-order valence-electron chi connectivity index (χ4n) is 2.42. The van der Waals surface area contributed by atoms with Gasteiger partial charge in [0.15, 0.2) is 0 Å². The van der Waals surface area contributed by atoms with E-state index in [-0.39, 0.29) is 29.6 Å². The minimum atomic E-state index is -5.23. The van der Waals surface area contributed by atoms with Gasteiger partial charge in [0.05, 0.1) is 42.5 Å². The lowest BCUT2D eigenvalue weighted by Crippen LogP contribution is -2.33. The first-order valence-electron chi connectivity index (χ1n) is 8.48. The van der Waals surface area contributed by atoms with E-state index in [1.807, 2.05) is 0 Å². The van der Waals surface area contributed by atoms with Crippen LogP contribution in [0.25, 0.3) is 0 Å². The highest BCUT2D eigenvalue weighted by molar-refractivity contribution is 7.89. The van der Waals surface area contributed by atoms with Crippen LogP contribution in [0.15, 0.2) is 41.3 Å². The van der Waals surface area contributed by atoms with E-state index in [9.17, 15) is 39.6 Å². The zero-order valence-corrected chi connectivity index (χ0v) is 17.2. The lowest BCUT2D eigenvalue weighted by atomic mass is 10.1. The number of sulfonamides is 1. The van der Waals surface area contributed by atoms with Crippen LogP contribution in [0.4, 0.5) is 32.0 Å². The Morgan fingerprint density at radius 1 is 0.906 bits per heavy atom. The van der Waals surface area contributed by atoms with Crippen molar-refractivity contribution in [3.8, 4) is 11.5 Å². The SMILES string of the molecule is COc1ccc(NC(=O)CNS(=O)(=O)c2cc(C(F)(F)F)cc(C(F)(F)F)c2)c(OC)c1. The van der Waals surface area contributed by atoms with Gasteiger partial charge in [0, 0.05) is 6.07 Å². The fourth-order valence-corrected chi connectivity index (χ4v) is 3.47. The first-order valence-corrected chi connectivity index (χ1v) is 9.96. The summed E-state index contributed by atoms with van der Waals surface area (Å²) in [7, 11) is -2.22. The predicted molar refractivity (Wildman–Crippen MR) is 99.8 cm³/mol. The zero-order valence-electron chi connectivity index (χ0n) is 16.4. The van der Waals surface area contributed by atoms with E-state index in [1.54, 1.807) is 4.72 Å². The first kappa shape index (κ1) is 25.3. The lowest BCUT2D eigenvalue weighted by Gasteiger charge is -2.15. The van der Waals surface area contributed by atoms with Gasteiger partial charge in [-0.05, 0) is 30.3 Å². The van der Waals surface area contributed by atoms with Crippen LogP contribution in [0.5, 0.6) is 11.5 Å². The van der Waals surface area contributed by atoms with Gasteiger partial charge < -0.3 is 14.8 Å². The second-order valence-corrected chi connectivity index (χ2v) is 7.95. The maximum absolute atomic E-state index is 12.9. The van der Waals surface area contributed by atoms with Crippen LogP contribution in [0.2, 0.25) is 0 Å². The summed E-state index contributed by atoms with van der Waals surface area (Å²) in [5.41, 5.74) is -3.49. The van der Waals surface area contributed by atoms with Crippen molar-refractivity contribution in [2.24, 2.45) is 0 Å². The molecule has 2 aromatic rings. The molecule has 0 aliphatic heterocycles. The number of methoxy groups -OCH3 is 2. The van der Waals surface area contributed by atoms with E-state index in [0.717, 1.165) is 0 Å². The molecule has 0 atom stereocenters. The van der Waals surface area contributed by atoms with Crippen molar-refractivity contribution in [2.75, 3.05) is 26.1 Å². The summed E-state index contributed by atoms with van der Waals surface area (Å²) in [6.45, 7) is -0.977. The second-order valence-electron chi connectivity index (χ2n) is 6.18. The highest BCUT2D eigenvalue weighted by Gasteiger charge is 2.38. The minimum Gasteiger partial charge on any atom is -0.497 e. The van der Waals surface area contributed by atoms with Crippen molar-refractivity contribution in [2.45, 2.75) is 17.2 Å². The summed E-state index contributed by atoms with van der Waals surface area (Å²) in [6, 6.07) is 4.14. The Morgan fingerprint density at radius 3 is 1.94 bits per heavy atom. The number of carbonyl (C=O) groups is 1. The highest BCUT2D eigenvalue weighted by Crippen LogP contribution is 2.37. The molecule has 7 nitrogen and oxygen atoms in total. The third kappa shape index (κ3) is 6.26. The van der Waals surface area contributed by atoms with E-state index < -0.39 is 50.9 Å². The molecule has 0 bridgehead atoms. The zero-order chi connectivity index (χ0) is 24.3. The largest absolute Gasteiger partial charge is 0.497 e. The standard InChI is InChI=1S/C18H16F6N2O5S/c1-30-12-3-4-14(15(8-12)31-2)26-16(27)9-25-32(28,29)13-6-10(17(19,20)21)5-11(7-13)18(22,23)24/h3-8,25H,9H2,1-2H3,(H,26,27). The number of alkyl halides is 6. The third-order valence-corrected chi connectivity index (χ3v) is 5.36. The molecule has 14 heteroatoms. The summed E-state index contributed by atoms with van der Waals surface area (Å²) in [5.74, 6) is -0.404. The van der Waals surface area contributed by atoms with Crippen LogP contribution in [0.1, 0.15) is 11.1 Å². The Kier molecular flexibility index (Phi) is 7.29. The molecule has 0 saturated carbocycles. The van der Waals surface area contributed by atoms with Crippen molar-refractivity contribution >= 4 is 21.6 Å². The van der Waals surface area contributed by atoms with Crippen LogP contribution >= 0.6 is 0 Å². The van der Waals surface area contributed by atoms with Crippen molar-refractivity contribution in [1.82, 2.24) is 4.72 Å². The van der Waals surface area contributed by atoms with Crippen LogP contribution in [-0.4, -0.2) is 35.1 Å². The number of anilines is 1. The monoisotopic (exact) mass is 486 g/mol. The number of hydrogen-bond donors (Lipinski definition) is 2. The van der Waals surface area contributed by atoms with Crippen LogP contribution in [-0.2, 0) is 27.2 Å². The molecule has 2 aromatic carbocycles. The lowest BCUT2D eigenvalue weighted by molar-refractivity contribution is -0.143. The molecule has 32 heavy (non-hydrogen) atoms. The number of rotatable bonds is 7. The van der Waals surface area contributed by atoms with Gasteiger partial charge >= 0.3 is 12.4 Å². The van der Waals surface area contributed by atoms with E-state index >= 15 is 0 Å². The Morgan fingerprint density at radius 2 is 1.47 bits per heavy atom. The molecule has 0 spiro atoms. The fraction of sp³-hybridized carbons (Fsp3) is 0.278. The molecule has 0 saturated heterocycles. The van der Waals surface area contributed by atoms with Crippen molar-refractivity contribution in [1.29, 1.82) is 0 Å². The molecule has 0 unspecified atom stereocenters. The van der Waals surface area contributed by atoms with Gasteiger partial charge in [-0.2, -0.15) is 26.3 Å². The van der Waals surface area contributed by atoms with Gasteiger partial charge in [0.2, 0.25) is 15.9 Å². The minimum absolute atomic E-state index is 0.0436. The number of halogens is 6. The van der Waals surface area contributed by atoms with Gasteiger partial charge in [0.25, 0.3) is 0 Å². The Balaban J connectivity index is 2.24. The van der Waals surface area contributed by atoms with Gasteiger partial charge in [-0.15, -0.1) is 0 Å². The molecule has 176 valence electrons. The molecular formula is C18H16F6N2O5S. The normalized spacial score (nSPS) is 12.4. The average Bonchev–Trinajstić information content (AvgIpc) is 2.71. The van der Waals surface area contributed by atoms with Crippen LogP contribution in [0, 0.1) is 0 Å². The number of amides is 1. The van der Waals surface area contributed by atoms with Crippen LogP contribution < -0.4 is 19.5 Å². The summed E-state index contributed by atoms with van der Waals surface area (Å²) in [5, 5.41) is 2.30. The summed E-state index contributed by atoms with van der Waals surface area (Å²) in [6.07, 6.45) is -10.5. The molecule has 2 rings (SSSR count). The second kappa shape index (κ2) is 9.24. The van der Waals surface area contributed by atoms with E-state index in [1.165, 1.54) is 32.4 Å². The maximum Gasteiger partial charge on any atom is 0.416 e. The number of benzene rings is 2. The molecule has 0 radical (unpaired) electrons. The Labute approximate surface area is 178 Å². The number of nitrogens with one attached hydrogen (secondary N) is 2. The maximum atomic E-state index is 12.9. The molecule has 0 aliphatic carbocycles. The molecule has 0 fully saturated rings. The molecule has 0 heterocycles. The quantitative estimate of drug-likeness (QED) is 0.583. The van der Waals surface area contributed by atoms with Gasteiger partial charge in [0.1, 0.15) is 11.5 Å². The van der Waals surface area contributed by atoms with Crippen LogP contribution in [0.3, 0.4) is 0 Å². The van der Waals surface area contributed by atoms with Crippen molar-refractivity contribution in [3.63, 3.8) is 0 Å². The molecule has 1 amide bonds. The molecular weight excluding hydrogens is 470 g/mol. The third-order valence-electron chi connectivity index (χ3n) is 3.98. The van der Waals surface area contributed by atoms with Gasteiger partial charge in [-0.3, -0.25) is 4.79 Å². The summed E-state index contributed by atoms with van der Waals surface area (Å²) >= 11 is 0. The van der Waals surface area contributed by atoms with Crippen molar-refractivity contribution in [3.05, 3.63) is 47.5 Å². The smallest absolute Gasteiger partial charge is 0.416 e. The summed E-state index contributed by atoms with van der Waals surface area (Å²) in [4.78, 5) is 10.8. The van der Waals surface area contributed by atoms with Gasteiger partial charge in [-0.25, -0.2) is 13.1 Å². The van der Waals surface area contributed by atoms with Gasteiger partial charge in [-0.1, -0.05) is 0 Å². The number of ether oxygens (including phenoxy) is 2. The van der Waals surface area contributed by atoms with E-state index in [4.69, 9.17) is 9.47 Å². The number of hydrogen-bond acceptors (Lipinski definition) is 5. The summed E-state index contributed by atoms with van der Waals surface area (Å²) < 4.78 is 114. The Hall–Kier alpha value is -3.00. The van der Waals surface area contributed by atoms with E-state index in [2.05, 4.69) is 5.32 Å². The Bertz CT molecular complexity index is 1070. The molecule has 2 N–H and O–H groups in total.